The van der Waals surface area contributed by atoms with Gasteiger partial charge in [-0.1, -0.05) is 33.6 Å². The van der Waals surface area contributed by atoms with E-state index >= 15 is 0 Å². The van der Waals surface area contributed by atoms with E-state index in [0.717, 1.165) is 18.8 Å². The summed E-state index contributed by atoms with van der Waals surface area (Å²) in [5, 5.41) is 11.6. The first-order valence-electron chi connectivity index (χ1n) is 7.07. The number of carbonyl (C=O) groups excluding carboxylic acids is 1. The molecule has 1 heterocycles. The van der Waals surface area contributed by atoms with Gasteiger partial charge < -0.3 is 10.0 Å². The quantitative estimate of drug-likeness (QED) is 0.804. The highest BCUT2D eigenvalue weighted by Crippen LogP contribution is 2.41. The zero-order valence-corrected chi connectivity index (χ0v) is 13.4. The molecule has 0 bridgehead atoms. The third-order valence-corrected chi connectivity index (χ3v) is 3.42. The fraction of sp³-hybridized carbons (Fsp3) is 0.933. The number of hydrogen-bond donors (Lipinski definition) is 1. The van der Waals surface area contributed by atoms with Crippen molar-refractivity contribution in [2.24, 2.45) is 5.92 Å². The zero-order chi connectivity index (χ0) is 15.0. The van der Waals surface area contributed by atoms with Crippen LogP contribution in [-0.4, -0.2) is 28.1 Å². The van der Waals surface area contributed by atoms with Crippen molar-refractivity contribution >= 4 is 6.79 Å². The van der Waals surface area contributed by atoms with Crippen LogP contribution in [0.25, 0.3) is 0 Å². The predicted octanol–water partition coefficient (Wildman–Crippen LogP) is 4.29. The molecule has 0 unspecified atom stereocenters. The van der Waals surface area contributed by atoms with Gasteiger partial charge >= 0.3 is 0 Å². The highest BCUT2D eigenvalue weighted by molar-refractivity contribution is 5.11. The molecule has 0 spiro atoms. The average Bonchev–Trinajstić information content (AvgIpc) is 2.31. The van der Waals surface area contributed by atoms with Crippen molar-refractivity contribution < 1.29 is 10.0 Å². The van der Waals surface area contributed by atoms with Crippen molar-refractivity contribution in [1.29, 1.82) is 0 Å². The summed E-state index contributed by atoms with van der Waals surface area (Å²) < 4.78 is 0. The smallest absolute Gasteiger partial charge is 0.106 e. The molecule has 1 fully saturated rings. The van der Waals surface area contributed by atoms with Crippen molar-refractivity contribution in [3.63, 3.8) is 0 Å². The minimum Gasteiger partial charge on any atom is -0.313 e. The number of hydroxylamine groups is 2. The van der Waals surface area contributed by atoms with E-state index in [1.54, 1.807) is 5.06 Å². The maximum atomic E-state index is 10.1. The molecule has 1 N–H and O–H groups in total. The largest absolute Gasteiger partial charge is 0.313 e. The van der Waals surface area contributed by atoms with Gasteiger partial charge in [0, 0.05) is 11.1 Å². The first kappa shape index (κ1) is 19.9. The van der Waals surface area contributed by atoms with Gasteiger partial charge in [0.25, 0.3) is 0 Å². The molecule has 0 aliphatic carbocycles. The highest BCUT2D eigenvalue weighted by Gasteiger charge is 2.44. The summed E-state index contributed by atoms with van der Waals surface area (Å²) in [5.41, 5.74) is -0.136. The maximum absolute atomic E-state index is 10.1. The fourth-order valence-electron chi connectivity index (χ4n) is 3.09. The predicted molar refractivity (Wildman–Crippen MR) is 77.9 cm³/mol. The molecule has 110 valence electrons. The van der Waals surface area contributed by atoms with Crippen LogP contribution in [0.1, 0.15) is 74.1 Å². The number of carbonyl (C=O) groups is 1. The van der Waals surface area contributed by atoms with Crippen molar-refractivity contribution in [2.75, 3.05) is 0 Å². The Kier molecular flexibility index (Phi) is 9.57. The van der Waals surface area contributed by atoms with Crippen LogP contribution < -0.4 is 0 Å². The lowest BCUT2D eigenvalue weighted by Crippen LogP contribution is -2.58. The lowest BCUT2D eigenvalue weighted by molar-refractivity contribution is -0.251. The van der Waals surface area contributed by atoms with E-state index in [4.69, 9.17) is 4.79 Å². The second-order valence-corrected chi connectivity index (χ2v) is 6.00. The van der Waals surface area contributed by atoms with E-state index in [-0.39, 0.29) is 11.1 Å². The molecule has 0 aromatic heterocycles. The summed E-state index contributed by atoms with van der Waals surface area (Å²) >= 11 is 0. The third kappa shape index (κ3) is 5.49. The van der Waals surface area contributed by atoms with Crippen LogP contribution in [0.3, 0.4) is 0 Å². The SMILES string of the molecule is C=O.CC.CCCC1CC(C)(C)N(O)C(C)(C)C1. The molecule has 3 nitrogen and oxygen atoms in total. The van der Waals surface area contributed by atoms with Gasteiger partial charge in [-0.05, 0) is 46.5 Å². The van der Waals surface area contributed by atoms with Crippen LogP contribution in [0, 0.1) is 5.92 Å². The molecule has 1 aliphatic rings. The van der Waals surface area contributed by atoms with E-state index in [9.17, 15) is 5.21 Å². The van der Waals surface area contributed by atoms with Gasteiger partial charge in [-0.25, -0.2) is 0 Å². The summed E-state index contributed by atoms with van der Waals surface area (Å²) in [7, 11) is 0. The summed E-state index contributed by atoms with van der Waals surface area (Å²) in [4.78, 5) is 8.00. The van der Waals surface area contributed by atoms with Gasteiger partial charge in [-0.3, -0.25) is 0 Å². The second kappa shape index (κ2) is 8.65. The normalized spacial score (nSPS) is 22.2. The summed E-state index contributed by atoms with van der Waals surface area (Å²) in [6.07, 6.45) is 4.77. The Morgan fingerprint density at radius 1 is 1.11 bits per heavy atom. The summed E-state index contributed by atoms with van der Waals surface area (Å²) in [6, 6.07) is 0. The van der Waals surface area contributed by atoms with Gasteiger partial charge in [0.2, 0.25) is 0 Å². The van der Waals surface area contributed by atoms with Crippen LogP contribution in [0.4, 0.5) is 0 Å². The van der Waals surface area contributed by atoms with Crippen molar-refractivity contribution in [3.05, 3.63) is 0 Å². The Labute approximate surface area is 114 Å². The second-order valence-electron chi connectivity index (χ2n) is 6.00. The van der Waals surface area contributed by atoms with Crippen molar-refractivity contribution in [3.8, 4) is 0 Å². The number of rotatable bonds is 2. The van der Waals surface area contributed by atoms with Gasteiger partial charge in [-0.2, -0.15) is 5.06 Å². The Balaban J connectivity index is 0. The Hall–Kier alpha value is -0.410. The lowest BCUT2D eigenvalue weighted by Gasteiger charge is -2.51. The van der Waals surface area contributed by atoms with E-state index in [1.165, 1.54) is 12.8 Å². The first-order valence-corrected chi connectivity index (χ1v) is 7.07. The standard InChI is InChI=1S/C12H25NO.C2H6.CH2O/c1-6-7-10-8-11(2,3)13(14)12(4,5)9-10;2*1-2/h10,14H,6-9H2,1-5H3;1-2H3;1H2. The Morgan fingerprint density at radius 3 is 1.72 bits per heavy atom. The molecule has 0 amide bonds. The van der Waals surface area contributed by atoms with E-state index in [0.29, 0.717) is 0 Å². The topological polar surface area (TPSA) is 40.5 Å². The Bertz CT molecular complexity index is 197. The van der Waals surface area contributed by atoms with Gasteiger partial charge in [0.05, 0.1) is 0 Å². The summed E-state index contributed by atoms with van der Waals surface area (Å²) in [5.74, 6) is 0.772. The minimum absolute atomic E-state index is 0.0679. The van der Waals surface area contributed by atoms with Crippen molar-refractivity contribution in [1.82, 2.24) is 5.06 Å². The molecule has 18 heavy (non-hydrogen) atoms. The van der Waals surface area contributed by atoms with Crippen LogP contribution in [0.2, 0.25) is 0 Å². The monoisotopic (exact) mass is 259 g/mol. The highest BCUT2D eigenvalue weighted by atomic mass is 16.5. The number of nitrogens with zero attached hydrogens (tertiary/aromatic N) is 1. The molecule has 0 atom stereocenters. The van der Waals surface area contributed by atoms with Gasteiger partial charge in [0.1, 0.15) is 6.79 Å². The number of hydrogen-bond acceptors (Lipinski definition) is 3. The van der Waals surface area contributed by atoms with Crippen LogP contribution >= 0.6 is 0 Å². The fourth-order valence-corrected chi connectivity index (χ4v) is 3.09. The van der Waals surface area contributed by atoms with Gasteiger partial charge in [-0.15, -0.1) is 0 Å². The molecule has 0 aromatic rings. The zero-order valence-electron chi connectivity index (χ0n) is 13.4. The molecule has 1 saturated heterocycles. The minimum atomic E-state index is -0.0679. The van der Waals surface area contributed by atoms with Gasteiger partial charge in [0.15, 0.2) is 0 Å². The maximum Gasteiger partial charge on any atom is 0.106 e. The van der Waals surface area contributed by atoms with E-state index in [2.05, 4.69) is 34.6 Å². The average molecular weight is 259 g/mol. The van der Waals surface area contributed by atoms with Crippen molar-refractivity contribution in [2.45, 2.75) is 85.2 Å². The van der Waals surface area contributed by atoms with Crippen LogP contribution in [0.15, 0.2) is 0 Å². The van der Waals surface area contributed by atoms with Crippen LogP contribution in [-0.2, 0) is 4.79 Å². The van der Waals surface area contributed by atoms with E-state index in [1.807, 2.05) is 20.6 Å². The van der Waals surface area contributed by atoms with Crippen LogP contribution in [0.5, 0.6) is 0 Å². The molecular formula is C15H33NO2. The molecule has 0 saturated carbocycles. The first-order chi connectivity index (χ1) is 8.29. The molecule has 3 heteroatoms. The molecule has 0 radical (unpaired) electrons. The molecule has 0 aromatic carbocycles. The molecule has 1 rings (SSSR count). The summed E-state index contributed by atoms with van der Waals surface area (Å²) in [6.45, 7) is 16.8. The molecular weight excluding hydrogens is 226 g/mol. The molecule has 1 aliphatic heterocycles. The lowest BCUT2D eigenvalue weighted by atomic mass is 9.74. The Morgan fingerprint density at radius 2 is 1.44 bits per heavy atom. The number of piperidine rings is 1. The third-order valence-electron chi connectivity index (χ3n) is 3.42. The van der Waals surface area contributed by atoms with E-state index < -0.39 is 0 Å².